The van der Waals surface area contributed by atoms with E-state index in [1.54, 1.807) is 6.07 Å². The molecule has 15 heavy (non-hydrogen) atoms. The van der Waals surface area contributed by atoms with Crippen LogP contribution in [0.25, 0.3) is 0 Å². The average Bonchev–Trinajstić information content (AvgIpc) is 2.24. The molecule has 0 atom stereocenters. The number of hydrogen-bond donors (Lipinski definition) is 3. The molecule has 0 heterocycles. The zero-order chi connectivity index (χ0) is 11.3. The summed E-state index contributed by atoms with van der Waals surface area (Å²) in [5.74, 6) is -0.876. The molecule has 0 saturated carbocycles. The van der Waals surface area contributed by atoms with Crippen molar-refractivity contribution in [3.8, 4) is 17.2 Å². The van der Waals surface area contributed by atoms with Crippen molar-refractivity contribution in [2.75, 3.05) is 0 Å². The van der Waals surface area contributed by atoms with Crippen LogP contribution < -0.4 is 0 Å². The van der Waals surface area contributed by atoms with Gasteiger partial charge in [-0.15, -0.1) is 0 Å². The maximum atomic E-state index is 9.52. The van der Waals surface area contributed by atoms with E-state index in [0.717, 1.165) is 19.3 Å². The van der Waals surface area contributed by atoms with Gasteiger partial charge >= 0.3 is 0 Å². The Balaban J connectivity index is 2.58. The Morgan fingerprint density at radius 1 is 0.933 bits per heavy atom. The van der Waals surface area contributed by atoms with Crippen molar-refractivity contribution >= 4 is 0 Å². The molecule has 0 bridgehead atoms. The molecule has 0 radical (unpaired) electrons. The molecule has 1 rings (SSSR count). The Labute approximate surface area is 90.0 Å². The van der Waals surface area contributed by atoms with Gasteiger partial charge in [-0.05, 0) is 24.5 Å². The second-order valence-corrected chi connectivity index (χ2v) is 3.75. The van der Waals surface area contributed by atoms with Gasteiger partial charge in [0.25, 0.3) is 0 Å². The number of phenols is 3. The average molecular weight is 210 g/mol. The fourth-order valence-electron chi connectivity index (χ4n) is 1.55. The number of rotatable bonds is 5. The van der Waals surface area contributed by atoms with E-state index in [1.165, 1.54) is 18.9 Å². The number of unbranched alkanes of at least 4 members (excludes halogenated alkanes) is 3. The molecule has 3 heteroatoms. The van der Waals surface area contributed by atoms with Crippen molar-refractivity contribution < 1.29 is 15.3 Å². The van der Waals surface area contributed by atoms with Gasteiger partial charge in [-0.25, -0.2) is 0 Å². The Kier molecular flexibility index (Phi) is 4.28. The van der Waals surface area contributed by atoms with E-state index in [-0.39, 0.29) is 11.5 Å². The number of aromatic hydroxyl groups is 3. The first kappa shape index (κ1) is 11.7. The third-order valence-electron chi connectivity index (χ3n) is 2.51. The van der Waals surface area contributed by atoms with Gasteiger partial charge < -0.3 is 15.3 Å². The minimum absolute atomic E-state index is 0.188. The maximum Gasteiger partial charge on any atom is 0.200 e. The van der Waals surface area contributed by atoms with Crippen LogP contribution in [0.4, 0.5) is 0 Å². The molecule has 0 spiro atoms. The van der Waals surface area contributed by atoms with Crippen molar-refractivity contribution in [1.29, 1.82) is 0 Å². The highest BCUT2D eigenvalue weighted by Gasteiger charge is 2.10. The van der Waals surface area contributed by atoms with Crippen LogP contribution in [0.2, 0.25) is 0 Å². The Hall–Kier alpha value is -1.38. The number of hydrogen-bond acceptors (Lipinski definition) is 3. The summed E-state index contributed by atoms with van der Waals surface area (Å²) in [7, 11) is 0. The van der Waals surface area contributed by atoms with Gasteiger partial charge in [0, 0.05) is 0 Å². The SMILES string of the molecule is CCCCCCc1ccc(O)c(O)c1O. The minimum Gasteiger partial charge on any atom is -0.504 e. The van der Waals surface area contributed by atoms with Crippen LogP contribution in [0.1, 0.15) is 38.2 Å². The Morgan fingerprint density at radius 3 is 2.33 bits per heavy atom. The molecule has 0 fully saturated rings. The van der Waals surface area contributed by atoms with Gasteiger partial charge in [0.15, 0.2) is 11.5 Å². The van der Waals surface area contributed by atoms with Crippen LogP contribution in [-0.2, 0) is 6.42 Å². The molecule has 0 aliphatic rings. The highest BCUT2D eigenvalue weighted by molar-refractivity contribution is 5.53. The van der Waals surface area contributed by atoms with Gasteiger partial charge in [-0.2, -0.15) is 0 Å². The van der Waals surface area contributed by atoms with Gasteiger partial charge in [0.2, 0.25) is 5.75 Å². The molecular formula is C12H18O3. The van der Waals surface area contributed by atoms with Crippen LogP contribution in [0.5, 0.6) is 17.2 Å². The highest BCUT2D eigenvalue weighted by Crippen LogP contribution is 2.37. The van der Waals surface area contributed by atoms with Crippen LogP contribution in [0.3, 0.4) is 0 Å². The molecule has 0 saturated heterocycles. The molecule has 1 aromatic carbocycles. The second kappa shape index (κ2) is 5.49. The van der Waals surface area contributed by atoms with Crippen molar-refractivity contribution in [3.63, 3.8) is 0 Å². The quantitative estimate of drug-likeness (QED) is 0.517. The van der Waals surface area contributed by atoms with Gasteiger partial charge in [-0.1, -0.05) is 32.3 Å². The Bertz CT molecular complexity index is 321. The number of benzene rings is 1. The topological polar surface area (TPSA) is 60.7 Å². The van der Waals surface area contributed by atoms with E-state index in [0.29, 0.717) is 5.56 Å². The van der Waals surface area contributed by atoms with Crippen LogP contribution in [0.15, 0.2) is 12.1 Å². The first-order valence-corrected chi connectivity index (χ1v) is 5.39. The van der Waals surface area contributed by atoms with Crippen LogP contribution >= 0.6 is 0 Å². The van der Waals surface area contributed by atoms with Crippen molar-refractivity contribution in [1.82, 2.24) is 0 Å². The normalized spacial score (nSPS) is 10.5. The molecule has 0 aliphatic heterocycles. The third-order valence-corrected chi connectivity index (χ3v) is 2.51. The predicted octanol–water partition coefficient (Wildman–Crippen LogP) is 2.93. The van der Waals surface area contributed by atoms with Crippen molar-refractivity contribution in [3.05, 3.63) is 17.7 Å². The molecule has 84 valence electrons. The first-order valence-electron chi connectivity index (χ1n) is 5.39. The molecule has 0 unspecified atom stereocenters. The van der Waals surface area contributed by atoms with E-state index < -0.39 is 5.75 Å². The van der Waals surface area contributed by atoms with E-state index >= 15 is 0 Å². The van der Waals surface area contributed by atoms with E-state index in [9.17, 15) is 10.2 Å². The molecule has 3 nitrogen and oxygen atoms in total. The van der Waals surface area contributed by atoms with Crippen molar-refractivity contribution in [2.24, 2.45) is 0 Å². The number of phenolic OH excluding ortho intramolecular Hbond substituents is 3. The second-order valence-electron chi connectivity index (χ2n) is 3.75. The molecule has 1 aromatic rings. The lowest BCUT2D eigenvalue weighted by molar-refractivity contribution is 0.364. The molecule has 0 aromatic heterocycles. The fourth-order valence-corrected chi connectivity index (χ4v) is 1.55. The van der Waals surface area contributed by atoms with Crippen LogP contribution in [0, 0.1) is 0 Å². The molecule has 0 amide bonds. The summed E-state index contributed by atoms with van der Waals surface area (Å²) in [5, 5.41) is 27.9. The molecule has 3 N–H and O–H groups in total. The lowest BCUT2D eigenvalue weighted by atomic mass is 10.0. The summed E-state index contributed by atoms with van der Waals surface area (Å²) in [5.41, 5.74) is 0.696. The van der Waals surface area contributed by atoms with Gasteiger partial charge in [-0.3, -0.25) is 0 Å². The zero-order valence-electron chi connectivity index (χ0n) is 9.03. The summed E-state index contributed by atoms with van der Waals surface area (Å²) in [4.78, 5) is 0. The summed E-state index contributed by atoms with van der Waals surface area (Å²) < 4.78 is 0. The number of aryl methyl sites for hydroxylation is 1. The molecule has 0 aliphatic carbocycles. The van der Waals surface area contributed by atoms with E-state index in [4.69, 9.17) is 5.11 Å². The van der Waals surface area contributed by atoms with Gasteiger partial charge in [0.1, 0.15) is 0 Å². The van der Waals surface area contributed by atoms with E-state index in [2.05, 4.69) is 6.92 Å². The third kappa shape index (κ3) is 3.05. The smallest absolute Gasteiger partial charge is 0.200 e. The predicted molar refractivity (Wildman–Crippen MR) is 59.3 cm³/mol. The zero-order valence-corrected chi connectivity index (χ0v) is 9.03. The summed E-state index contributed by atoms with van der Waals surface area (Å²) in [6.45, 7) is 2.14. The van der Waals surface area contributed by atoms with E-state index in [1.807, 2.05) is 0 Å². The van der Waals surface area contributed by atoms with Crippen LogP contribution in [-0.4, -0.2) is 15.3 Å². The summed E-state index contributed by atoms with van der Waals surface area (Å²) in [6.07, 6.45) is 5.21. The highest BCUT2D eigenvalue weighted by atomic mass is 16.3. The summed E-state index contributed by atoms with van der Waals surface area (Å²) >= 11 is 0. The monoisotopic (exact) mass is 210 g/mol. The standard InChI is InChI=1S/C12H18O3/c1-2-3-4-5-6-9-7-8-10(13)12(15)11(9)14/h7-8,13-15H,2-6H2,1H3. The largest absolute Gasteiger partial charge is 0.504 e. The first-order chi connectivity index (χ1) is 7.16. The lowest BCUT2D eigenvalue weighted by Crippen LogP contribution is -1.87. The Morgan fingerprint density at radius 2 is 1.67 bits per heavy atom. The minimum atomic E-state index is -0.414. The van der Waals surface area contributed by atoms with Crippen molar-refractivity contribution in [2.45, 2.75) is 39.0 Å². The summed E-state index contributed by atoms with van der Waals surface area (Å²) in [6, 6.07) is 3.06. The lowest BCUT2D eigenvalue weighted by Gasteiger charge is -2.07. The molecular weight excluding hydrogens is 192 g/mol. The maximum absolute atomic E-state index is 9.52. The van der Waals surface area contributed by atoms with Gasteiger partial charge in [0.05, 0.1) is 0 Å². The fraction of sp³-hybridized carbons (Fsp3) is 0.500.